The molecule has 0 bridgehead atoms. The lowest BCUT2D eigenvalue weighted by Gasteiger charge is -2.27. The molecule has 1 unspecified atom stereocenters. The second-order valence-electron chi connectivity index (χ2n) is 5.80. The fourth-order valence-electron chi connectivity index (χ4n) is 3.22. The molecule has 1 atom stereocenters. The van der Waals surface area contributed by atoms with E-state index in [9.17, 15) is 4.39 Å². The van der Waals surface area contributed by atoms with Crippen LogP contribution >= 0.6 is 0 Å². The molecule has 0 aromatic heterocycles. The summed E-state index contributed by atoms with van der Waals surface area (Å²) in [4.78, 5) is 0. The highest BCUT2D eigenvalue weighted by atomic mass is 19.1. The van der Waals surface area contributed by atoms with Crippen LogP contribution in [0.3, 0.4) is 0 Å². The lowest BCUT2D eigenvalue weighted by Crippen LogP contribution is -2.28. The topological polar surface area (TPSA) is 12.0 Å². The van der Waals surface area contributed by atoms with E-state index >= 15 is 0 Å². The van der Waals surface area contributed by atoms with E-state index in [-0.39, 0.29) is 5.82 Å². The Bertz CT molecular complexity index is 394. The molecule has 106 valence electrons. The normalized spacial score (nSPS) is 19.1. The fourth-order valence-corrected chi connectivity index (χ4v) is 3.22. The summed E-state index contributed by atoms with van der Waals surface area (Å²) in [7, 11) is 0. The quantitative estimate of drug-likeness (QED) is 0.773. The van der Waals surface area contributed by atoms with Crippen molar-refractivity contribution in [2.75, 3.05) is 6.54 Å². The van der Waals surface area contributed by atoms with Crippen molar-refractivity contribution in [3.63, 3.8) is 0 Å². The van der Waals surface area contributed by atoms with Crippen molar-refractivity contribution in [1.82, 2.24) is 5.32 Å². The van der Waals surface area contributed by atoms with E-state index in [1.165, 1.54) is 38.5 Å². The van der Waals surface area contributed by atoms with Gasteiger partial charge in [-0.25, -0.2) is 4.39 Å². The third-order valence-corrected chi connectivity index (χ3v) is 4.35. The van der Waals surface area contributed by atoms with Gasteiger partial charge in [0.2, 0.25) is 0 Å². The van der Waals surface area contributed by atoms with Crippen LogP contribution in [0.4, 0.5) is 4.39 Å². The van der Waals surface area contributed by atoms with Crippen LogP contribution in [-0.4, -0.2) is 6.54 Å². The van der Waals surface area contributed by atoms with Crippen molar-refractivity contribution < 1.29 is 4.39 Å². The molecule has 0 amide bonds. The summed E-state index contributed by atoms with van der Waals surface area (Å²) in [5.41, 5.74) is 1.86. The Morgan fingerprint density at radius 1 is 1.21 bits per heavy atom. The van der Waals surface area contributed by atoms with Crippen molar-refractivity contribution >= 4 is 0 Å². The highest BCUT2D eigenvalue weighted by molar-refractivity contribution is 5.26. The van der Waals surface area contributed by atoms with Gasteiger partial charge in [0.15, 0.2) is 0 Å². The zero-order valence-corrected chi connectivity index (χ0v) is 12.2. The lowest BCUT2D eigenvalue weighted by atomic mass is 9.87. The Labute approximate surface area is 116 Å². The SMILES string of the molecule is CCNC(c1ccc(C)c(F)c1)C1CCCCCC1. The third-order valence-electron chi connectivity index (χ3n) is 4.35. The zero-order valence-electron chi connectivity index (χ0n) is 12.2. The predicted octanol–water partition coefficient (Wildman–Crippen LogP) is 4.76. The summed E-state index contributed by atoms with van der Waals surface area (Å²) in [6, 6.07) is 6.05. The van der Waals surface area contributed by atoms with Crippen LogP contribution in [0.2, 0.25) is 0 Å². The molecule has 0 radical (unpaired) electrons. The van der Waals surface area contributed by atoms with Crippen LogP contribution in [0.15, 0.2) is 18.2 Å². The molecule has 2 rings (SSSR count). The van der Waals surface area contributed by atoms with E-state index < -0.39 is 0 Å². The second-order valence-corrected chi connectivity index (χ2v) is 5.80. The Balaban J connectivity index is 2.19. The number of hydrogen-bond donors (Lipinski definition) is 1. The Morgan fingerprint density at radius 3 is 2.47 bits per heavy atom. The smallest absolute Gasteiger partial charge is 0.126 e. The van der Waals surface area contributed by atoms with Gasteiger partial charge in [-0.1, -0.05) is 44.7 Å². The number of benzene rings is 1. The Kier molecular flexibility index (Phi) is 5.38. The van der Waals surface area contributed by atoms with Gasteiger partial charge in [-0.2, -0.15) is 0 Å². The van der Waals surface area contributed by atoms with Gasteiger partial charge in [-0.3, -0.25) is 0 Å². The minimum atomic E-state index is -0.0750. The van der Waals surface area contributed by atoms with Gasteiger partial charge in [0.25, 0.3) is 0 Å². The molecule has 0 spiro atoms. The molecule has 1 nitrogen and oxygen atoms in total. The number of aryl methyl sites for hydroxylation is 1. The Morgan fingerprint density at radius 2 is 1.89 bits per heavy atom. The summed E-state index contributed by atoms with van der Waals surface area (Å²) >= 11 is 0. The van der Waals surface area contributed by atoms with Gasteiger partial charge >= 0.3 is 0 Å². The van der Waals surface area contributed by atoms with Crippen LogP contribution in [0.5, 0.6) is 0 Å². The molecule has 1 aromatic carbocycles. The molecule has 0 heterocycles. The molecular formula is C17H26FN. The molecule has 2 heteroatoms. The fraction of sp³-hybridized carbons (Fsp3) is 0.647. The van der Waals surface area contributed by atoms with E-state index in [4.69, 9.17) is 0 Å². The maximum Gasteiger partial charge on any atom is 0.126 e. The van der Waals surface area contributed by atoms with Gasteiger partial charge in [0.05, 0.1) is 0 Å². The number of nitrogens with one attached hydrogen (secondary N) is 1. The Hall–Kier alpha value is -0.890. The first-order valence-electron chi connectivity index (χ1n) is 7.71. The van der Waals surface area contributed by atoms with Crippen LogP contribution in [-0.2, 0) is 0 Å². The highest BCUT2D eigenvalue weighted by Crippen LogP contribution is 2.34. The van der Waals surface area contributed by atoms with Crippen molar-refractivity contribution in [3.05, 3.63) is 35.1 Å². The van der Waals surface area contributed by atoms with Gasteiger partial charge in [-0.05, 0) is 49.4 Å². The first kappa shape index (κ1) is 14.5. The third kappa shape index (κ3) is 3.79. The first-order valence-corrected chi connectivity index (χ1v) is 7.71. The van der Waals surface area contributed by atoms with Crippen molar-refractivity contribution in [2.45, 2.75) is 58.4 Å². The summed E-state index contributed by atoms with van der Waals surface area (Å²) in [6.45, 7) is 4.90. The van der Waals surface area contributed by atoms with Crippen LogP contribution in [0.1, 0.15) is 62.6 Å². The summed E-state index contributed by atoms with van der Waals surface area (Å²) in [6.07, 6.45) is 7.90. The number of rotatable bonds is 4. The van der Waals surface area contributed by atoms with Gasteiger partial charge in [0.1, 0.15) is 5.82 Å². The van der Waals surface area contributed by atoms with Gasteiger partial charge < -0.3 is 5.32 Å². The molecule has 1 saturated carbocycles. The molecule has 1 N–H and O–H groups in total. The summed E-state index contributed by atoms with van der Waals surface area (Å²) in [5, 5.41) is 3.58. The maximum absolute atomic E-state index is 13.8. The zero-order chi connectivity index (χ0) is 13.7. The maximum atomic E-state index is 13.8. The molecular weight excluding hydrogens is 237 g/mol. The lowest BCUT2D eigenvalue weighted by molar-refractivity contribution is 0.329. The van der Waals surface area contributed by atoms with E-state index in [1.54, 1.807) is 6.07 Å². The van der Waals surface area contributed by atoms with Gasteiger partial charge in [-0.15, -0.1) is 0 Å². The molecule has 1 aliphatic rings. The van der Waals surface area contributed by atoms with E-state index in [2.05, 4.69) is 18.3 Å². The van der Waals surface area contributed by atoms with Gasteiger partial charge in [0, 0.05) is 6.04 Å². The standard InChI is InChI=1S/C17H26FN/c1-3-19-17(14-8-6-4-5-7-9-14)15-11-10-13(2)16(18)12-15/h10-12,14,17,19H,3-9H2,1-2H3. The largest absolute Gasteiger partial charge is 0.310 e. The monoisotopic (exact) mass is 263 g/mol. The van der Waals surface area contributed by atoms with E-state index in [1.807, 2.05) is 13.0 Å². The minimum Gasteiger partial charge on any atom is -0.310 e. The summed E-state index contributed by atoms with van der Waals surface area (Å²) in [5.74, 6) is 0.582. The van der Waals surface area contributed by atoms with Crippen LogP contribution in [0.25, 0.3) is 0 Å². The van der Waals surface area contributed by atoms with Crippen LogP contribution < -0.4 is 5.32 Å². The van der Waals surface area contributed by atoms with E-state index in [0.717, 1.165) is 17.7 Å². The minimum absolute atomic E-state index is 0.0750. The molecule has 1 aliphatic carbocycles. The molecule has 1 fully saturated rings. The molecule has 19 heavy (non-hydrogen) atoms. The average Bonchev–Trinajstić information content (AvgIpc) is 2.68. The molecule has 0 aliphatic heterocycles. The van der Waals surface area contributed by atoms with Crippen LogP contribution in [0, 0.1) is 18.7 Å². The predicted molar refractivity (Wildman–Crippen MR) is 78.7 cm³/mol. The van der Waals surface area contributed by atoms with E-state index in [0.29, 0.717) is 12.0 Å². The second kappa shape index (κ2) is 7.04. The van der Waals surface area contributed by atoms with Crippen molar-refractivity contribution in [1.29, 1.82) is 0 Å². The molecule has 1 aromatic rings. The van der Waals surface area contributed by atoms with Crippen molar-refractivity contribution in [2.24, 2.45) is 5.92 Å². The number of halogens is 1. The summed E-state index contributed by atoms with van der Waals surface area (Å²) < 4.78 is 13.8. The molecule has 0 saturated heterocycles. The number of hydrogen-bond acceptors (Lipinski definition) is 1. The highest BCUT2D eigenvalue weighted by Gasteiger charge is 2.23. The first-order chi connectivity index (χ1) is 9.22. The average molecular weight is 263 g/mol. The van der Waals surface area contributed by atoms with Crippen molar-refractivity contribution in [3.8, 4) is 0 Å².